The Morgan fingerprint density at radius 1 is 1.28 bits per heavy atom. The van der Waals surface area contributed by atoms with Gasteiger partial charge in [-0.3, -0.25) is 10.1 Å². The van der Waals surface area contributed by atoms with Gasteiger partial charge in [0.2, 0.25) is 11.8 Å². The number of nitro groups is 1. The van der Waals surface area contributed by atoms with Crippen molar-refractivity contribution >= 4 is 5.69 Å². The van der Waals surface area contributed by atoms with Crippen LogP contribution in [0.2, 0.25) is 0 Å². The largest absolute Gasteiger partial charge is 0.438 e. The molecule has 0 radical (unpaired) electrons. The highest BCUT2D eigenvalue weighted by Crippen LogP contribution is 2.30. The van der Waals surface area contributed by atoms with Crippen LogP contribution in [-0.4, -0.2) is 9.91 Å². The quantitative estimate of drug-likeness (QED) is 0.475. The van der Waals surface area contributed by atoms with Crippen LogP contribution in [0.4, 0.5) is 10.1 Å². The van der Waals surface area contributed by atoms with E-state index in [0.29, 0.717) is 5.56 Å². The molecule has 0 spiro atoms. The molecule has 1 aromatic heterocycles. The first-order chi connectivity index (χ1) is 8.58. The standard InChI is InChI=1S/C12H9FN2O3/c1-8-9(15(16)17)4-2-5-10(8)18-12-7-3-6-11(13)14-12/h2-7H,1H3. The molecule has 0 N–H and O–H groups in total. The molecule has 0 aliphatic rings. The van der Waals surface area contributed by atoms with E-state index in [-0.39, 0.29) is 17.3 Å². The van der Waals surface area contributed by atoms with Crippen molar-refractivity contribution in [2.75, 3.05) is 0 Å². The Bertz CT molecular complexity index is 602. The number of pyridine rings is 1. The summed E-state index contributed by atoms with van der Waals surface area (Å²) in [5, 5.41) is 10.8. The summed E-state index contributed by atoms with van der Waals surface area (Å²) in [6, 6.07) is 8.55. The number of hydrogen-bond donors (Lipinski definition) is 0. The Hall–Kier alpha value is -2.50. The monoisotopic (exact) mass is 248 g/mol. The molecule has 0 aliphatic carbocycles. The molecule has 1 aromatic carbocycles. The molecule has 0 fully saturated rings. The molecule has 0 bridgehead atoms. The van der Waals surface area contributed by atoms with Crippen molar-refractivity contribution < 1.29 is 14.1 Å². The van der Waals surface area contributed by atoms with E-state index in [1.807, 2.05) is 0 Å². The molecule has 0 atom stereocenters. The predicted octanol–water partition coefficient (Wildman–Crippen LogP) is 3.23. The van der Waals surface area contributed by atoms with Crippen LogP contribution in [0.3, 0.4) is 0 Å². The molecule has 0 unspecified atom stereocenters. The number of nitrogens with zero attached hydrogens (tertiary/aromatic N) is 2. The van der Waals surface area contributed by atoms with Gasteiger partial charge in [0.25, 0.3) is 5.69 Å². The first-order valence-corrected chi connectivity index (χ1v) is 5.12. The zero-order chi connectivity index (χ0) is 13.1. The first-order valence-electron chi connectivity index (χ1n) is 5.12. The Morgan fingerprint density at radius 3 is 2.67 bits per heavy atom. The second-order valence-electron chi connectivity index (χ2n) is 3.56. The maximum Gasteiger partial charge on any atom is 0.276 e. The Morgan fingerprint density at radius 2 is 2.00 bits per heavy atom. The van der Waals surface area contributed by atoms with E-state index in [1.54, 1.807) is 13.0 Å². The number of rotatable bonds is 3. The first kappa shape index (κ1) is 12.0. The normalized spacial score (nSPS) is 10.1. The molecular formula is C12H9FN2O3. The topological polar surface area (TPSA) is 65.3 Å². The van der Waals surface area contributed by atoms with Gasteiger partial charge in [0.15, 0.2) is 0 Å². The van der Waals surface area contributed by atoms with E-state index in [2.05, 4.69) is 4.98 Å². The van der Waals surface area contributed by atoms with Gasteiger partial charge in [0.1, 0.15) is 5.75 Å². The van der Waals surface area contributed by atoms with Crippen LogP contribution in [0.25, 0.3) is 0 Å². The molecule has 18 heavy (non-hydrogen) atoms. The van der Waals surface area contributed by atoms with Gasteiger partial charge in [0.05, 0.1) is 10.5 Å². The fourth-order valence-corrected chi connectivity index (χ4v) is 1.47. The maximum atomic E-state index is 12.9. The van der Waals surface area contributed by atoms with E-state index in [1.165, 1.54) is 30.3 Å². The van der Waals surface area contributed by atoms with Gasteiger partial charge >= 0.3 is 0 Å². The van der Waals surface area contributed by atoms with Crippen LogP contribution in [0.1, 0.15) is 5.56 Å². The maximum absolute atomic E-state index is 12.9. The lowest BCUT2D eigenvalue weighted by atomic mass is 10.2. The molecule has 5 nitrogen and oxygen atoms in total. The molecule has 0 saturated heterocycles. The van der Waals surface area contributed by atoms with Crippen LogP contribution in [0.15, 0.2) is 36.4 Å². The SMILES string of the molecule is Cc1c(Oc2cccc(F)n2)cccc1[N+](=O)[O-]. The minimum atomic E-state index is -0.671. The van der Waals surface area contributed by atoms with Crippen molar-refractivity contribution in [3.63, 3.8) is 0 Å². The minimum Gasteiger partial charge on any atom is -0.438 e. The van der Waals surface area contributed by atoms with E-state index in [4.69, 9.17) is 4.74 Å². The molecular weight excluding hydrogens is 239 g/mol. The summed E-state index contributed by atoms with van der Waals surface area (Å²) in [4.78, 5) is 13.8. The third kappa shape index (κ3) is 2.42. The smallest absolute Gasteiger partial charge is 0.276 e. The third-order valence-electron chi connectivity index (χ3n) is 2.36. The number of nitro benzene ring substituents is 1. The van der Waals surface area contributed by atoms with Gasteiger partial charge in [-0.25, -0.2) is 0 Å². The highest BCUT2D eigenvalue weighted by Gasteiger charge is 2.14. The summed E-state index contributed by atoms with van der Waals surface area (Å²) in [5.41, 5.74) is 0.317. The van der Waals surface area contributed by atoms with Gasteiger partial charge in [0, 0.05) is 12.1 Å². The minimum absolute atomic E-state index is 0.0519. The molecule has 2 aromatic rings. The number of ether oxygens (including phenoxy) is 1. The lowest BCUT2D eigenvalue weighted by molar-refractivity contribution is -0.385. The predicted molar refractivity (Wildman–Crippen MR) is 62.1 cm³/mol. The fraction of sp³-hybridized carbons (Fsp3) is 0.0833. The molecule has 2 rings (SSSR count). The Labute approximate surface area is 102 Å². The Balaban J connectivity index is 2.35. The van der Waals surface area contributed by atoms with Gasteiger partial charge in [-0.05, 0) is 19.1 Å². The molecule has 6 heteroatoms. The van der Waals surface area contributed by atoms with Gasteiger partial charge < -0.3 is 4.74 Å². The summed E-state index contributed by atoms with van der Waals surface area (Å²) < 4.78 is 18.2. The molecule has 1 heterocycles. The summed E-state index contributed by atoms with van der Waals surface area (Å²) in [6.07, 6.45) is 0. The van der Waals surface area contributed by atoms with E-state index in [9.17, 15) is 14.5 Å². The summed E-state index contributed by atoms with van der Waals surface area (Å²) >= 11 is 0. The number of hydrogen-bond acceptors (Lipinski definition) is 4. The van der Waals surface area contributed by atoms with Crippen molar-refractivity contribution in [2.45, 2.75) is 6.92 Å². The second kappa shape index (κ2) is 4.79. The lowest BCUT2D eigenvalue weighted by Crippen LogP contribution is -1.96. The highest BCUT2D eigenvalue weighted by molar-refractivity contribution is 5.49. The average molecular weight is 248 g/mol. The van der Waals surface area contributed by atoms with Gasteiger partial charge in [-0.15, -0.1) is 0 Å². The van der Waals surface area contributed by atoms with Crippen LogP contribution < -0.4 is 4.74 Å². The molecule has 92 valence electrons. The van der Waals surface area contributed by atoms with Crippen molar-refractivity contribution in [2.24, 2.45) is 0 Å². The number of halogens is 1. The molecule has 0 saturated carbocycles. The lowest BCUT2D eigenvalue weighted by Gasteiger charge is -2.07. The number of benzene rings is 1. The van der Waals surface area contributed by atoms with Crippen molar-refractivity contribution in [3.8, 4) is 11.6 Å². The summed E-state index contributed by atoms with van der Waals surface area (Å²) in [6.45, 7) is 1.56. The summed E-state index contributed by atoms with van der Waals surface area (Å²) in [5.74, 6) is -0.337. The molecule has 0 amide bonds. The zero-order valence-corrected chi connectivity index (χ0v) is 9.46. The third-order valence-corrected chi connectivity index (χ3v) is 2.36. The van der Waals surface area contributed by atoms with Crippen molar-refractivity contribution in [1.29, 1.82) is 0 Å². The Kier molecular flexibility index (Phi) is 3.18. The van der Waals surface area contributed by atoms with Gasteiger partial charge in [-0.2, -0.15) is 9.37 Å². The highest BCUT2D eigenvalue weighted by atomic mass is 19.1. The van der Waals surface area contributed by atoms with Crippen LogP contribution in [-0.2, 0) is 0 Å². The van der Waals surface area contributed by atoms with Crippen LogP contribution >= 0.6 is 0 Å². The average Bonchev–Trinajstić information content (AvgIpc) is 2.31. The van der Waals surface area contributed by atoms with E-state index >= 15 is 0 Å². The second-order valence-corrected chi connectivity index (χ2v) is 3.56. The fourth-order valence-electron chi connectivity index (χ4n) is 1.47. The van der Waals surface area contributed by atoms with Crippen molar-refractivity contribution in [1.82, 2.24) is 4.98 Å². The van der Waals surface area contributed by atoms with E-state index < -0.39 is 10.9 Å². The zero-order valence-electron chi connectivity index (χ0n) is 9.46. The van der Waals surface area contributed by atoms with Gasteiger partial charge in [-0.1, -0.05) is 12.1 Å². The van der Waals surface area contributed by atoms with Crippen LogP contribution in [0, 0.1) is 23.0 Å². The van der Waals surface area contributed by atoms with Crippen LogP contribution in [0.5, 0.6) is 11.6 Å². The van der Waals surface area contributed by atoms with Crippen molar-refractivity contribution in [3.05, 3.63) is 58.0 Å². The van der Waals surface area contributed by atoms with E-state index in [0.717, 1.165) is 0 Å². The molecule has 0 aliphatic heterocycles. The number of aromatic nitrogens is 1. The summed E-state index contributed by atoms with van der Waals surface area (Å²) in [7, 11) is 0.